The van der Waals surface area contributed by atoms with E-state index in [9.17, 15) is 9.59 Å². The Morgan fingerprint density at radius 2 is 1.25 bits per heavy atom. The van der Waals surface area contributed by atoms with Crippen molar-refractivity contribution in [3.8, 4) is 0 Å². The summed E-state index contributed by atoms with van der Waals surface area (Å²) in [6.45, 7) is 0. The Bertz CT molecular complexity index is 123. The van der Waals surface area contributed by atoms with Crippen LogP contribution in [0.15, 0.2) is 12.2 Å². The number of halogens is 2. The summed E-state index contributed by atoms with van der Waals surface area (Å²) in [5.74, 6) is 0. The molecule has 0 spiro atoms. The average molecular weight is 242 g/mol. The van der Waals surface area contributed by atoms with Gasteiger partial charge in [0.15, 0.2) is 0 Å². The number of hydrogen-bond acceptors (Lipinski definition) is 2. The molecule has 0 saturated heterocycles. The summed E-state index contributed by atoms with van der Waals surface area (Å²) in [6.07, 6.45) is 2.24. The smallest absolute Gasteiger partial charge is 0.221 e. The molecule has 2 nitrogen and oxygen atoms in total. The zero-order chi connectivity index (χ0) is 6.57. The van der Waals surface area contributed by atoms with Crippen LogP contribution in [0.2, 0.25) is 0 Å². The van der Waals surface area contributed by atoms with Crippen molar-refractivity contribution in [2.24, 2.45) is 0 Å². The van der Waals surface area contributed by atoms with Crippen LogP contribution < -0.4 is 0 Å². The number of allylic oxidation sites excluding steroid dienone is 2. The molecule has 0 unspecified atom stereocenters. The van der Waals surface area contributed by atoms with Gasteiger partial charge in [0.2, 0.25) is 9.39 Å². The summed E-state index contributed by atoms with van der Waals surface area (Å²) in [6, 6.07) is 0. The van der Waals surface area contributed by atoms with E-state index in [1.54, 1.807) is 0 Å². The lowest BCUT2D eigenvalue weighted by molar-refractivity contribution is -0.108. The second-order valence-electron chi connectivity index (χ2n) is 0.942. The van der Waals surface area contributed by atoms with Crippen molar-refractivity contribution in [3.63, 3.8) is 0 Å². The van der Waals surface area contributed by atoms with E-state index in [1.165, 1.54) is 0 Å². The molecule has 0 saturated carbocycles. The molecule has 0 radical (unpaired) electrons. The molecule has 0 aliphatic rings. The SMILES string of the molecule is O=C(Br)C=CC(=O)Br. The molecule has 4 heteroatoms. The van der Waals surface area contributed by atoms with Crippen molar-refractivity contribution < 1.29 is 9.59 Å². The third-order valence-electron chi connectivity index (χ3n) is 0.345. The molecule has 0 aromatic carbocycles. The second-order valence-corrected chi connectivity index (χ2v) is 2.50. The number of carbonyl (C=O) groups excluding carboxylic acids is 2. The van der Waals surface area contributed by atoms with Gasteiger partial charge in [-0.05, 0) is 44.0 Å². The van der Waals surface area contributed by atoms with Crippen LogP contribution in [0.1, 0.15) is 0 Å². The predicted molar refractivity (Wildman–Crippen MR) is 37.0 cm³/mol. The molecule has 0 aromatic heterocycles. The highest BCUT2D eigenvalue weighted by molar-refractivity contribution is 9.18. The molecule has 44 valence electrons. The van der Waals surface area contributed by atoms with Gasteiger partial charge in [-0.1, -0.05) is 0 Å². The molecule has 0 fully saturated rings. The second kappa shape index (κ2) is 3.97. The molecular weight excluding hydrogens is 240 g/mol. The Balaban J connectivity index is 3.67. The quantitative estimate of drug-likeness (QED) is 0.541. The Labute approximate surface area is 63.2 Å². The number of rotatable bonds is 2. The van der Waals surface area contributed by atoms with Gasteiger partial charge < -0.3 is 0 Å². The fourth-order valence-electron chi connectivity index (χ4n) is 0.131. The molecule has 0 heterocycles. The largest absolute Gasteiger partial charge is 0.282 e. The van der Waals surface area contributed by atoms with Crippen molar-refractivity contribution in [1.29, 1.82) is 0 Å². The zero-order valence-corrected chi connectivity index (χ0v) is 6.90. The first-order valence-corrected chi connectivity index (χ1v) is 3.28. The van der Waals surface area contributed by atoms with Crippen LogP contribution in [0.5, 0.6) is 0 Å². The molecule has 8 heavy (non-hydrogen) atoms. The van der Waals surface area contributed by atoms with E-state index in [-0.39, 0.29) is 9.39 Å². The van der Waals surface area contributed by atoms with Gasteiger partial charge in [-0.2, -0.15) is 0 Å². The minimum Gasteiger partial charge on any atom is -0.282 e. The lowest BCUT2D eigenvalue weighted by Crippen LogP contribution is -1.78. The first-order chi connectivity index (χ1) is 3.63. The Hall–Kier alpha value is 0.0400. The number of carbonyl (C=O) groups is 2. The zero-order valence-electron chi connectivity index (χ0n) is 3.73. The monoisotopic (exact) mass is 240 g/mol. The van der Waals surface area contributed by atoms with Crippen LogP contribution in [0.3, 0.4) is 0 Å². The van der Waals surface area contributed by atoms with E-state index >= 15 is 0 Å². The van der Waals surface area contributed by atoms with E-state index in [1.807, 2.05) is 0 Å². The molecule has 0 N–H and O–H groups in total. The van der Waals surface area contributed by atoms with Crippen molar-refractivity contribution in [2.75, 3.05) is 0 Å². The summed E-state index contributed by atoms with van der Waals surface area (Å²) >= 11 is 5.21. The van der Waals surface area contributed by atoms with Crippen LogP contribution in [0, 0.1) is 0 Å². The van der Waals surface area contributed by atoms with E-state index in [0.717, 1.165) is 12.2 Å². The standard InChI is InChI=1S/C4H2Br2O2/c5-3(7)1-2-4(6)8/h1-2H. The number of hydrogen-bond donors (Lipinski definition) is 0. The van der Waals surface area contributed by atoms with Gasteiger partial charge in [-0.3, -0.25) is 9.59 Å². The van der Waals surface area contributed by atoms with Gasteiger partial charge in [-0.15, -0.1) is 0 Å². The lowest BCUT2D eigenvalue weighted by Gasteiger charge is -1.71. The molecular formula is C4H2Br2O2. The summed E-state index contributed by atoms with van der Waals surface area (Å²) in [5.41, 5.74) is 0. The summed E-state index contributed by atoms with van der Waals surface area (Å²) in [5, 5.41) is 0. The normalized spacial score (nSPS) is 9.75. The van der Waals surface area contributed by atoms with Gasteiger partial charge >= 0.3 is 0 Å². The minimum atomic E-state index is -0.315. The first kappa shape index (κ1) is 8.04. The molecule has 0 bridgehead atoms. The van der Waals surface area contributed by atoms with Crippen molar-refractivity contribution in [1.82, 2.24) is 0 Å². The van der Waals surface area contributed by atoms with Crippen LogP contribution in [0.4, 0.5) is 0 Å². The topological polar surface area (TPSA) is 34.1 Å². The fraction of sp³-hybridized carbons (Fsp3) is 0. The van der Waals surface area contributed by atoms with Gasteiger partial charge in [0, 0.05) is 0 Å². The first-order valence-electron chi connectivity index (χ1n) is 1.70. The molecule has 0 aromatic rings. The van der Waals surface area contributed by atoms with E-state index in [4.69, 9.17) is 0 Å². The van der Waals surface area contributed by atoms with Gasteiger partial charge in [0.05, 0.1) is 0 Å². The van der Waals surface area contributed by atoms with Crippen LogP contribution in [-0.4, -0.2) is 9.39 Å². The van der Waals surface area contributed by atoms with Crippen molar-refractivity contribution in [2.45, 2.75) is 0 Å². The maximum Gasteiger partial charge on any atom is 0.221 e. The highest BCUT2D eigenvalue weighted by Gasteiger charge is 1.86. The fourth-order valence-corrected chi connectivity index (χ4v) is 0.395. The lowest BCUT2D eigenvalue weighted by atomic mass is 10.6. The minimum absolute atomic E-state index is 0.315. The molecule has 0 atom stereocenters. The Morgan fingerprint density at radius 1 is 1.00 bits per heavy atom. The maximum atomic E-state index is 10.0. The summed E-state index contributed by atoms with van der Waals surface area (Å²) < 4.78 is -0.629. The van der Waals surface area contributed by atoms with Crippen LogP contribution in [-0.2, 0) is 9.59 Å². The van der Waals surface area contributed by atoms with E-state index in [2.05, 4.69) is 31.9 Å². The molecule has 0 rings (SSSR count). The highest BCUT2D eigenvalue weighted by atomic mass is 79.9. The van der Waals surface area contributed by atoms with Crippen LogP contribution in [0.25, 0.3) is 0 Å². The molecule has 0 aliphatic carbocycles. The van der Waals surface area contributed by atoms with E-state index < -0.39 is 0 Å². The van der Waals surface area contributed by atoms with Gasteiger partial charge in [0.25, 0.3) is 0 Å². The average Bonchev–Trinajstić information content (AvgIpc) is 1.61. The summed E-state index contributed by atoms with van der Waals surface area (Å²) in [7, 11) is 0. The van der Waals surface area contributed by atoms with Crippen molar-refractivity contribution >= 4 is 41.2 Å². The van der Waals surface area contributed by atoms with Gasteiger partial charge in [-0.25, -0.2) is 0 Å². The third-order valence-corrected chi connectivity index (χ3v) is 0.874. The predicted octanol–water partition coefficient (Wildman–Crippen LogP) is 1.39. The Kier molecular flexibility index (Phi) is 3.99. The Morgan fingerprint density at radius 3 is 1.38 bits per heavy atom. The van der Waals surface area contributed by atoms with Crippen LogP contribution >= 0.6 is 31.9 Å². The highest BCUT2D eigenvalue weighted by Crippen LogP contribution is 1.90. The van der Waals surface area contributed by atoms with Crippen molar-refractivity contribution in [3.05, 3.63) is 12.2 Å². The van der Waals surface area contributed by atoms with Gasteiger partial charge in [0.1, 0.15) is 0 Å². The maximum absolute atomic E-state index is 10.0. The van der Waals surface area contributed by atoms with E-state index in [0.29, 0.717) is 0 Å². The molecule has 0 amide bonds. The molecule has 0 aliphatic heterocycles. The summed E-state index contributed by atoms with van der Waals surface area (Å²) in [4.78, 5) is 20.0. The third kappa shape index (κ3) is 6.04.